The molecule has 0 radical (unpaired) electrons. The van der Waals surface area contributed by atoms with E-state index in [-0.39, 0.29) is 12.4 Å². The summed E-state index contributed by atoms with van der Waals surface area (Å²) in [4.78, 5) is 4.05. The summed E-state index contributed by atoms with van der Waals surface area (Å²) in [6.45, 7) is 0.228. The largest absolute Gasteiger partial charge is 0.493 e. The zero-order valence-electron chi connectivity index (χ0n) is 14.0. The van der Waals surface area contributed by atoms with Gasteiger partial charge in [0.2, 0.25) is 5.13 Å². The van der Waals surface area contributed by atoms with Crippen LogP contribution in [-0.2, 0) is 6.61 Å². The third-order valence-electron chi connectivity index (χ3n) is 3.37. The van der Waals surface area contributed by atoms with E-state index < -0.39 is 0 Å². The summed E-state index contributed by atoms with van der Waals surface area (Å²) in [5.41, 5.74) is 9.90. The summed E-state index contributed by atoms with van der Waals surface area (Å²) < 4.78 is 24.4. The Labute approximate surface area is 154 Å². The Morgan fingerprint density at radius 3 is 2.88 bits per heavy atom. The van der Waals surface area contributed by atoms with Crippen molar-refractivity contribution in [2.45, 2.75) is 6.61 Å². The van der Waals surface area contributed by atoms with Crippen LogP contribution in [0, 0.1) is 5.82 Å². The Morgan fingerprint density at radius 2 is 2.15 bits per heavy atom. The van der Waals surface area contributed by atoms with E-state index in [2.05, 4.69) is 15.5 Å². The zero-order valence-corrected chi connectivity index (χ0v) is 14.8. The first-order chi connectivity index (χ1) is 12.6. The topological polar surface area (TPSA) is 81.8 Å². The van der Waals surface area contributed by atoms with Crippen molar-refractivity contribution in [3.05, 3.63) is 64.8 Å². The molecule has 3 aromatic rings. The van der Waals surface area contributed by atoms with Gasteiger partial charge in [-0.05, 0) is 41.5 Å². The summed E-state index contributed by atoms with van der Waals surface area (Å²) in [6, 6.07) is 11.7. The maximum Gasteiger partial charge on any atom is 0.205 e. The van der Waals surface area contributed by atoms with Gasteiger partial charge in [-0.1, -0.05) is 12.1 Å². The van der Waals surface area contributed by atoms with Crippen LogP contribution in [0.15, 0.2) is 52.9 Å². The number of thiazole rings is 1. The molecule has 0 aliphatic rings. The molecule has 0 amide bonds. The van der Waals surface area contributed by atoms with Gasteiger partial charge >= 0.3 is 0 Å². The maximum absolute atomic E-state index is 13.3. The fourth-order valence-corrected chi connectivity index (χ4v) is 2.72. The molecule has 0 spiro atoms. The van der Waals surface area contributed by atoms with Crippen LogP contribution in [0.1, 0.15) is 11.1 Å². The van der Waals surface area contributed by atoms with E-state index in [0.717, 1.165) is 11.1 Å². The lowest BCUT2D eigenvalue weighted by Crippen LogP contribution is -1.99. The SMILES string of the molecule is COc1ccc(C=NNc2nc(N)cs2)cc1OCc1cccc(F)c1. The Hall–Kier alpha value is -3.13. The second-order valence-corrected chi connectivity index (χ2v) is 6.13. The number of rotatable bonds is 7. The minimum absolute atomic E-state index is 0.228. The second kappa shape index (κ2) is 8.30. The monoisotopic (exact) mass is 372 g/mol. The van der Waals surface area contributed by atoms with Crippen molar-refractivity contribution in [3.8, 4) is 11.5 Å². The highest BCUT2D eigenvalue weighted by Gasteiger charge is 2.06. The number of anilines is 2. The van der Waals surface area contributed by atoms with Crippen LogP contribution in [0.25, 0.3) is 0 Å². The smallest absolute Gasteiger partial charge is 0.205 e. The molecule has 1 heterocycles. The van der Waals surface area contributed by atoms with Crippen LogP contribution < -0.4 is 20.6 Å². The number of nitrogens with one attached hydrogen (secondary N) is 1. The van der Waals surface area contributed by atoms with Gasteiger partial charge in [-0.3, -0.25) is 5.43 Å². The van der Waals surface area contributed by atoms with Crippen LogP contribution in [0.3, 0.4) is 0 Å². The van der Waals surface area contributed by atoms with Gasteiger partial charge in [-0.15, -0.1) is 11.3 Å². The highest BCUT2D eigenvalue weighted by molar-refractivity contribution is 7.14. The van der Waals surface area contributed by atoms with E-state index in [9.17, 15) is 4.39 Å². The molecule has 3 rings (SSSR count). The molecule has 26 heavy (non-hydrogen) atoms. The minimum atomic E-state index is -0.298. The van der Waals surface area contributed by atoms with Gasteiger partial charge in [-0.25, -0.2) is 9.37 Å². The van der Waals surface area contributed by atoms with E-state index >= 15 is 0 Å². The van der Waals surface area contributed by atoms with Gasteiger partial charge in [0, 0.05) is 5.38 Å². The molecule has 0 fully saturated rings. The summed E-state index contributed by atoms with van der Waals surface area (Å²) in [7, 11) is 1.56. The molecule has 6 nitrogen and oxygen atoms in total. The van der Waals surface area contributed by atoms with Crippen LogP contribution in [0.4, 0.5) is 15.3 Å². The molecular formula is C18H17FN4O2S. The molecule has 134 valence electrons. The molecule has 0 saturated heterocycles. The van der Waals surface area contributed by atoms with Gasteiger partial charge in [0.05, 0.1) is 13.3 Å². The molecule has 0 unspecified atom stereocenters. The zero-order chi connectivity index (χ0) is 18.4. The lowest BCUT2D eigenvalue weighted by Gasteiger charge is -2.11. The van der Waals surface area contributed by atoms with Gasteiger partial charge < -0.3 is 15.2 Å². The van der Waals surface area contributed by atoms with E-state index in [0.29, 0.717) is 22.4 Å². The minimum Gasteiger partial charge on any atom is -0.493 e. The molecule has 8 heteroatoms. The van der Waals surface area contributed by atoms with Gasteiger partial charge in [0.1, 0.15) is 18.2 Å². The summed E-state index contributed by atoms with van der Waals surface area (Å²) in [6.07, 6.45) is 1.63. The number of benzene rings is 2. The van der Waals surface area contributed by atoms with Crippen molar-refractivity contribution in [2.24, 2.45) is 5.10 Å². The standard InChI is InChI=1S/C18H17FN4O2S/c1-24-15-6-5-12(9-21-23-18-22-17(20)11-26-18)8-16(15)25-10-13-3-2-4-14(19)7-13/h2-9,11H,10,20H2,1H3,(H,22,23). The number of hydrogen-bond donors (Lipinski definition) is 2. The third kappa shape index (κ3) is 4.70. The molecule has 0 aliphatic carbocycles. The second-order valence-electron chi connectivity index (χ2n) is 5.28. The number of halogens is 1. The Bertz CT molecular complexity index is 914. The summed E-state index contributed by atoms with van der Waals surface area (Å²) in [5.74, 6) is 1.27. The first kappa shape index (κ1) is 17.7. The van der Waals surface area contributed by atoms with Crippen molar-refractivity contribution in [3.63, 3.8) is 0 Å². The van der Waals surface area contributed by atoms with Gasteiger partial charge in [0.15, 0.2) is 11.5 Å². The number of nitrogens with zero attached hydrogens (tertiary/aromatic N) is 2. The summed E-state index contributed by atoms with van der Waals surface area (Å²) >= 11 is 1.36. The number of nitrogens with two attached hydrogens (primary N) is 1. The fourth-order valence-electron chi connectivity index (χ4n) is 2.17. The average molecular weight is 372 g/mol. The Balaban J connectivity index is 1.69. The normalized spacial score (nSPS) is 10.8. The van der Waals surface area contributed by atoms with Crippen LogP contribution in [0.5, 0.6) is 11.5 Å². The van der Waals surface area contributed by atoms with E-state index in [1.54, 1.807) is 43.0 Å². The number of aromatic nitrogens is 1. The molecule has 3 N–H and O–H groups in total. The van der Waals surface area contributed by atoms with Crippen LogP contribution >= 0.6 is 11.3 Å². The van der Waals surface area contributed by atoms with Crippen molar-refractivity contribution < 1.29 is 13.9 Å². The predicted octanol–water partition coefficient (Wildman–Crippen LogP) is 3.90. The third-order valence-corrected chi connectivity index (χ3v) is 4.13. The molecule has 2 aromatic carbocycles. The van der Waals surface area contributed by atoms with Crippen LogP contribution in [-0.4, -0.2) is 18.3 Å². The number of hydrazone groups is 1. The Morgan fingerprint density at radius 1 is 1.27 bits per heavy atom. The fraction of sp³-hybridized carbons (Fsp3) is 0.111. The van der Waals surface area contributed by atoms with E-state index in [1.807, 2.05) is 6.07 Å². The van der Waals surface area contributed by atoms with Crippen molar-refractivity contribution in [1.82, 2.24) is 4.98 Å². The molecular weight excluding hydrogens is 355 g/mol. The van der Waals surface area contributed by atoms with Gasteiger partial charge in [-0.2, -0.15) is 5.10 Å². The lowest BCUT2D eigenvalue weighted by atomic mass is 10.2. The number of methoxy groups -OCH3 is 1. The van der Waals surface area contributed by atoms with E-state index in [4.69, 9.17) is 15.2 Å². The quantitative estimate of drug-likeness (QED) is 0.486. The van der Waals surface area contributed by atoms with Gasteiger partial charge in [0.25, 0.3) is 0 Å². The molecule has 0 aliphatic heterocycles. The molecule has 1 aromatic heterocycles. The van der Waals surface area contributed by atoms with E-state index in [1.165, 1.54) is 23.5 Å². The number of nitrogen functional groups attached to an aromatic ring is 1. The van der Waals surface area contributed by atoms with Crippen LogP contribution in [0.2, 0.25) is 0 Å². The highest BCUT2D eigenvalue weighted by atomic mass is 32.1. The average Bonchev–Trinajstić information content (AvgIpc) is 3.05. The first-order valence-corrected chi connectivity index (χ1v) is 8.57. The maximum atomic E-state index is 13.3. The lowest BCUT2D eigenvalue weighted by molar-refractivity contribution is 0.284. The first-order valence-electron chi connectivity index (χ1n) is 7.69. The van der Waals surface area contributed by atoms with Crippen molar-refractivity contribution in [2.75, 3.05) is 18.3 Å². The predicted molar refractivity (Wildman–Crippen MR) is 101 cm³/mol. The molecule has 0 atom stereocenters. The highest BCUT2D eigenvalue weighted by Crippen LogP contribution is 2.28. The Kier molecular flexibility index (Phi) is 5.65. The summed E-state index contributed by atoms with van der Waals surface area (Å²) in [5, 5.41) is 6.46. The van der Waals surface area contributed by atoms with Crippen molar-refractivity contribution >= 4 is 28.5 Å². The number of hydrogen-bond acceptors (Lipinski definition) is 7. The molecule has 0 saturated carbocycles. The molecule has 0 bridgehead atoms. The van der Waals surface area contributed by atoms with Crippen molar-refractivity contribution in [1.29, 1.82) is 0 Å². The number of ether oxygens (including phenoxy) is 2.